The molecule has 1 aliphatic carbocycles. The van der Waals surface area contributed by atoms with Crippen molar-refractivity contribution in [2.75, 3.05) is 0 Å². The van der Waals surface area contributed by atoms with Gasteiger partial charge in [-0.3, -0.25) is 0 Å². The van der Waals surface area contributed by atoms with Crippen molar-refractivity contribution in [1.29, 1.82) is 0 Å². The first-order chi connectivity index (χ1) is 7.81. The van der Waals surface area contributed by atoms with Crippen LogP contribution in [0.15, 0.2) is 36.9 Å². The van der Waals surface area contributed by atoms with Crippen LogP contribution in [0.4, 0.5) is 0 Å². The Kier molecular flexibility index (Phi) is 8.61. The monoisotopic (exact) mass is 218 g/mol. The van der Waals surface area contributed by atoms with E-state index in [0.29, 0.717) is 0 Å². The molecule has 0 amide bonds. The molecule has 0 unspecified atom stereocenters. The van der Waals surface area contributed by atoms with Crippen molar-refractivity contribution < 1.29 is 0 Å². The van der Waals surface area contributed by atoms with E-state index in [1.807, 2.05) is 20.8 Å². The Balaban J connectivity index is 0.000000394. The smallest absolute Gasteiger partial charge is 0.0245 e. The van der Waals surface area contributed by atoms with Crippen molar-refractivity contribution in [3.63, 3.8) is 0 Å². The fourth-order valence-corrected chi connectivity index (χ4v) is 1.94. The second-order valence-electron chi connectivity index (χ2n) is 3.86. The molecule has 0 nitrogen and oxygen atoms in total. The van der Waals surface area contributed by atoms with Gasteiger partial charge in [0, 0.05) is 0 Å². The highest BCUT2D eigenvalue weighted by Gasteiger charge is 2.18. The van der Waals surface area contributed by atoms with Gasteiger partial charge in [0.1, 0.15) is 0 Å². The first kappa shape index (κ1) is 15.0. The Bertz CT molecular complexity index is 261. The van der Waals surface area contributed by atoms with Gasteiger partial charge in [0.25, 0.3) is 0 Å². The van der Waals surface area contributed by atoms with Gasteiger partial charge in [-0.15, -0.1) is 6.58 Å². The predicted molar refractivity (Wildman–Crippen MR) is 74.9 cm³/mol. The second kappa shape index (κ2) is 9.21. The Morgan fingerprint density at radius 1 is 1.19 bits per heavy atom. The molecule has 0 spiro atoms. The van der Waals surface area contributed by atoms with Gasteiger partial charge >= 0.3 is 0 Å². The van der Waals surface area contributed by atoms with E-state index in [0.717, 1.165) is 5.92 Å². The highest BCUT2D eigenvalue weighted by Crippen LogP contribution is 2.27. The van der Waals surface area contributed by atoms with Crippen LogP contribution in [0.2, 0.25) is 0 Å². The maximum absolute atomic E-state index is 3.36. The van der Waals surface area contributed by atoms with Gasteiger partial charge in [0.2, 0.25) is 0 Å². The maximum atomic E-state index is 3.36. The molecule has 90 valence electrons. The van der Waals surface area contributed by atoms with Crippen molar-refractivity contribution in [3.05, 3.63) is 48.0 Å². The minimum atomic E-state index is 0.924. The number of rotatable bonds is 1. The zero-order valence-electron chi connectivity index (χ0n) is 11.3. The zero-order chi connectivity index (χ0) is 12.4. The van der Waals surface area contributed by atoms with Crippen LogP contribution < -0.4 is 0 Å². The van der Waals surface area contributed by atoms with Crippen LogP contribution in [0.1, 0.15) is 45.2 Å². The van der Waals surface area contributed by atoms with Crippen molar-refractivity contribution in [2.24, 2.45) is 5.92 Å². The van der Waals surface area contributed by atoms with Gasteiger partial charge in [-0.25, -0.2) is 0 Å². The Labute approximate surface area is 101 Å². The summed E-state index contributed by atoms with van der Waals surface area (Å²) < 4.78 is 0. The Morgan fingerprint density at radius 2 is 1.56 bits per heavy atom. The average Bonchev–Trinajstić information content (AvgIpc) is 2.75. The van der Waals surface area contributed by atoms with E-state index in [9.17, 15) is 0 Å². The van der Waals surface area contributed by atoms with E-state index in [2.05, 4.69) is 37.8 Å². The largest absolute Gasteiger partial charge is 0.103 e. The molecule has 0 aliphatic heterocycles. The average molecular weight is 218 g/mol. The quantitative estimate of drug-likeness (QED) is 0.580. The van der Waals surface area contributed by atoms with Gasteiger partial charge in [-0.2, -0.15) is 0 Å². The molecule has 16 heavy (non-hydrogen) atoms. The van der Waals surface area contributed by atoms with Gasteiger partial charge < -0.3 is 0 Å². The van der Waals surface area contributed by atoms with Crippen LogP contribution in [-0.4, -0.2) is 0 Å². The minimum Gasteiger partial charge on any atom is -0.103 e. The van der Waals surface area contributed by atoms with Crippen molar-refractivity contribution >= 4 is 0 Å². The molecule has 0 radical (unpaired) electrons. The molecule has 0 fully saturated rings. The predicted octanol–water partition coefficient (Wildman–Crippen LogP) is 5.03. The maximum Gasteiger partial charge on any atom is -0.0245 e. The molecule has 0 aromatic heterocycles. The standard InChI is InChI=1S/C11H14.C3H6.C2H6/c1-2-9-7-10-5-3-4-6-11(10)8-9;1-3-2;1-2/h3-6,9H,2,7-8H2,1H3;3H,1H2,2H3;1-2H3. The molecule has 1 aromatic rings. The lowest BCUT2D eigenvalue weighted by Crippen LogP contribution is -1.95. The van der Waals surface area contributed by atoms with E-state index in [1.165, 1.54) is 19.3 Å². The van der Waals surface area contributed by atoms with Crippen molar-refractivity contribution in [2.45, 2.75) is 47.0 Å². The molecular weight excluding hydrogens is 192 g/mol. The van der Waals surface area contributed by atoms with E-state index < -0.39 is 0 Å². The molecule has 0 bridgehead atoms. The summed E-state index contributed by atoms with van der Waals surface area (Å²) in [6.45, 7) is 11.5. The lowest BCUT2D eigenvalue weighted by Gasteiger charge is -2.01. The van der Waals surface area contributed by atoms with Crippen LogP contribution in [0.5, 0.6) is 0 Å². The summed E-state index contributed by atoms with van der Waals surface area (Å²) in [5, 5.41) is 0. The molecule has 1 aromatic carbocycles. The van der Waals surface area contributed by atoms with E-state index in [-0.39, 0.29) is 0 Å². The molecular formula is C16H26. The fourth-order valence-electron chi connectivity index (χ4n) is 1.94. The van der Waals surface area contributed by atoms with Crippen molar-refractivity contribution in [1.82, 2.24) is 0 Å². The molecule has 0 saturated heterocycles. The van der Waals surface area contributed by atoms with Gasteiger partial charge in [-0.05, 0) is 36.8 Å². The molecule has 0 N–H and O–H groups in total. The molecule has 0 atom stereocenters. The summed E-state index contributed by atoms with van der Waals surface area (Å²) in [4.78, 5) is 0. The third-order valence-corrected chi connectivity index (χ3v) is 2.71. The first-order valence-corrected chi connectivity index (χ1v) is 6.45. The molecule has 0 heterocycles. The van der Waals surface area contributed by atoms with Crippen LogP contribution in [0.25, 0.3) is 0 Å². The summed E-state index contributed by atoms with van der Waals surface area (Å²) in [5.74, 6) is 0.924. The van der Waals surface area contributed by atoms with Gasteiger partial charge in [0.05, 0.1) is 0 Å². The van der Waals surface area contributed by atoms with Gasteiger partial charge in [-0.1, -0.05) is 57.5 Å². The number of benzene rings is 1. The Morgan fingerprint density at radius 3 is 1.88 bits per heavy atom. The normalized spacial score (nSPS) is 12.8. The Hall–Kier alpha value is -1.04. The molecule has 0 heteroatoms. The van der Waals surface area contributed by atoms with E-state index >= 15 is 0 Å². The zero-order valence-corrected chi connectivity index (χ0v) is 11.3. The summed E-state index contributed by atoms with van der Waals surface area (Å²) >= 11 is 0. The van der Waals surface area contributed by atoms with Crippen LogP contribution >= 0.6 is 0 Å². The summed E-state index contributed by atoms with van der Waals surface area (Å²) in [5.41, 5.74) is 3.17. The lowest BCUT2D eigenvalue weighted by atomic mass is 10.0. The number of hydrogen-bond donors (Lipinski definition) is 0. The third kappa shape index (κ3) is 4.65. The highest BCUT2D eigenvalue weighted by molar-refractivity contribution is 5.31. The lowest BCUT2D eigenvalue weighted by molar-refractivity contribution is 0.543. The molecule has 2 rings (SSSR count). The summed E-state index contributed by atoms with van der Waals surface area (Å²) in [6.07, 6.45) is 5.70. The first-order valence-electron chi connectivity index (χ1n) is 6.45. The summed E-state index contributed by atoms with van der Waals surface area (Å²) in [7, 11) is 0. The van der Waals surface area contributed by atoms with E-state index in [4.69, 9.17) is 0 Å². The highest BCUT2D eigenvalue weighted by atomic mass is 14.2. The SMILES string of the molecule is C=CC.CC.CCC1Cc2ccccc2C1. The molecule has 0 saturated carbocycles. The second-order valence-corrected chi connectivity index (χ2v) is 3.86. The topological polar surface area (TPSA) is 0 Å². The van der Waals surface area contributed by atoms with Crippen LogP contribution in [0, 0.1) is 5.92 Å². The van der Waals surface area contributed by atoms with Gasteiger partial charge in [0.15, 0.2) is 0 Å². The van der Waals surface area contributed by atoms with Crippen molar-refractivity contribution in [3.8, 4) is 0 Å². The minimum absolute atomic E-state index is 0.924. The van der Waals surface area contributed by atoms with Crippen LogP contribution in [0.3, 0.4) is 0 Å². The number of allylic oxidation sites excluding steroid dienone is 1. The summed E-state index contributed by atoms with van der Waals surface area (Å²) in [6, 6.07) is 8.84. The number of fused-ring (bicyclic) bond motifs is 1. The molecule has 1 aliphatic rings. The third-order valence-electron chi connectivity index (χ3n) is 2.71. The van der Waals surface area contributed by atoms with E-state index in [1.54, 1.807) is 17.2 Å². The fraction of sp³-hybridized carbons (Fsp3) is 0.500. The number of hydrogen-bond acceptors (Lipinski definition) is 0. The van der Waals surface area contributed by atoms with Crippen LogP contribution in [-0.2, 0) is 12.8 Å².